The third-order valence-electron chi connectivity index (χ3n) is 6.14. The molecular formula is C26H25FN4O8. The van der Waals surface area contributed by atoms with E-state index in [9.17, 15) is 14.0 Å². The molecule has 3 heterocycles. The number of fused-ring (bicyclic) bond motifs is 2. The number of rotatable bonds is 9. The summed E-state index contributed by atoms with van der Waals surface area (Å²) in [6.07, 6.45) is 1.32. The van der Waals surface area contributed by atoms with Gasteiger partial charge in [-0.25, -0.2) is 14.6 Å². The van der Waals surface area contributed by atoms with Crippen LogP contribution in [-0.2, 0) is 20.8 Å². The number of oxime groups is 1. The number of aromatic amines is 1. The van der Waals surface area contributed by atoms with E-state index in [2.05, 4.69) is 20.7 Å². The van der Waals surface area contributed by atoms with Gasteiger partial charge >= 0.3 is 5.97 Å². The number of hydrogen-bond donors (Lipinski definition) is 2. The van der Waals surface area contributed by atoms with Gasteiger partial charge in [0.1, 0.15) is 17.6 Å². The van der Waals surface area contributed by atoms with E-state index in [0.29, 0.717) is 45.0 Å². The molecule has 0 bridgehead atoms. The van der Waals surface area contributed by atoms with Gasteiger partial charge in [0.25, 0.3) is 5.91 Å². The quantitative estimate of drug-likeness (QED) is 0.240. The van der Waals surface area contributed by atoms with Gasteiger partial charge in [-0.3, -0.25) is 4.79 Å². The van der Waals surface area contributed by atoms with Crippen molar-refractivity contribution in [1.29, 1.82) is 0 Å². The van der Waals surface area contributed by atoms with Gasteiger partial charge in [-0.1, -0.05) is 5.16 Å². The van der Waals surface area contributed by atoms with Crippen LogP contribution in [0.3, 0.4) is 0 Å². The first-order valence-electron chi connectivity index (χ1n) is 12.0. The zero-order valence-corrected chi connectivity index (χ0v) is 21.3. The third-order valence-corrected chi connectivity index (χ3v) is 6.14. The van der Waals surface area contributed by atoms with E-state index < -0.39 is 23.8 Å². The minimum Gasteiger partial charge on any atom is -0.492 e. The Labute approximate surface area is 221 Å². The summed E-state index contributed by atoms with van der Waals surface area (Å²) in [5.41, 5.74) is 4.45. The summed E-state index contributed by atoms with van der Waals surface area (Å²) in [4.78, 5) is 33.3. The van der Waals surface area contributed by atoms with Crippen molar-refractivity contribution in [1.82, 2.24) is 10.4 Å². The molecule has 39 heavy (non-hydrogen) atoms. The smallest absolute Gasteiger partial charge is 0.356 e. The van der Waals surface area contributed by atoms with Crippen LogP contribution in [0.5, 0.6) is 23.0 Å². The van der Waals surface area contributed by atoms with E-state index in [0.717, 1.165) is 0 Å². The molecule has 12 nitrogen and oxygen atoms in total. The van der Waals surface area contributed by atoms with Crippen LogP contribution < -0.4 is 24.4 Å². The highest BCUT2D eigenvalue weighted by Crippen LogP contribution is 2.52. The molecule has 0 aliphatic carbocycles. The molecule has 13 heteroatoms. The number of nitrogens with one attached hydrogen (secondary N) is 2. The number of amides is 1. The zero-order valence-electron chi connectivity index (χ0n) is 21.3. The van der Waals surface area contributed by atoms with Crippen molar-refractivity contribution in [3.63, 3.8) is 0 Å². The van der Waals surface area contributed by atoms with Crippen molar-refractivity contribution >= 4 is 34.7 Å². The van der Waals surface area contributed by atoms with E-state index in [1.54, 1.807) is 13.0 Å². The Morgan fingerprint density at radius 2 is 1.97 bits per heavy atom. The summed E-state index contributed by atoms with van der Waals surface area (Å²) < 4.78 is 41.1. The first kappa shape index (κ1) is 25.8. The number of carbonyl (C=O) groups is 2. The van der Waals surface area contributed by atoms with Crippen molar-refractivity contribution < 1.29 is 42.5 Å². The average Bonchev–Trinajstić information content (AvgIpc) is 3.68. The Bertz CT molecular complexity index is 1500. The first-order valence-corrected chi connectivity index (χ1v) is 12.0. The fourth-order valence-electron chi connectivity index (χ4n) is 4.43. The van der Waals surface area contributed by atoms with Crippen LogP contribution in [0.25, 0.3) is 10.9 Å². The van der Waals surface area contributed by atoms with E-state index in [1.165, 1.54) is 38.6 Å². The molecule has 2 aliphatic rings. The van der Waals surface area contributed by atoms with E-state index in [1.807, 2.05) is 0 Å². The second-order valence-electron chi connectivity index (χ2n) is 8.53. The number of carbonyl (C=O) groups excluding carboxylic acids is 2. The van der Waals surface area contributed by atoms with Gasteiger partial charge in [0.2, 0.25) is 18.3 Å². The van der Waals surface area contributed by atoms with Crippen LogP contribution in [0.1, 0.15) is 35.0 Å². The molecule has 2 aliphatic heterocycles. The minimum absolute atomic E-state index is 0.0458. The summed E-state index contributed by atoms with van der Waals surface area (Å²) in [6, 6.07) is 5.69. The molecular weight excluding hydrogens is 515 g/mol. The summed E-state index contributed by atoms with van der Waals surface area (Å²) in [5.74, 6) is -0.153. The number of aromatic nitrogens is 1. The van der Waals surface area contributed by atoms with Crippen LogP contribution in [0.15, 0.2) is 34.5 Å². The SMILES string of the molecule is CCOC(=O)C1=NOC(Cc2c(C=NNC(=O)c3cc4cc(F)ccc4[nH]3)c(OC)c3c(c2OC)OCO3)C1. The molecule has 0 saturated carbocycles. The molecule has 5 rings (SSSR count). The van der Waals surface area contributed by atoms with Crippen molar-refractivity contribution in [2.45, 2.75) is 25.9 Å². The first-order chi connectivity index (χ1) is 18.9. The predicted molar refractivity (Wildman–Crippen MR) is 136 cm³/mol. The number of H-pyrrole nitrogens is 1. The summed E-state index contributed by atoms with van der Waals surface area (Å²) >= 11 is 0. The number of nitrogens with zero attached hydrogens (tertiary/aromatic N) is 2. The van der Waals surface area contributed by atoms with Crippen molar-refractivity contribution in [3.8, 4) is 23.0 Å². The summed E-state index contributed by atoms with van der Waals surface area (Å²) in [5, 5.41) is 8.55. The molecule has 2 aromatic carbocycles. The fraction of sp³-hybridized carbons (Fsp3) is 0.308. The fourth-order valence-corrected chi connectivity index (χ4v) is 4.43. The van der Waals surface area contributed by atoms with Crippen molar-refractivity contribution in [2.75, 3.05) is 27.6 Å². The Morgan fingerprint density at radius 1 is 1.21 bits per heavy atom. The van der Waals surface area contributed by atoms with E-state index >= 15 is 0 Å². The normalized spacial score (nSPS) is 15.8. The van der Waals surface area contributed by atoms with Gasteiger partial charge in [-0.2, -0.15) is 5.10 Å². The number of esters is 1. The van der Waals surface area contributed by atoms with Crippen molar-refractivity contribution in [3.05, 3.63) is 46.9 Å². The molecule has 0 spiro atoms. The lowest BCUT2D eigenvalue weighted by Gasteiger charge is -2.19. The van der Waals surface area contributed by atoms with Gasteiger partial charge in [0.15, 0.2) is 17.2 Å². The van der Waals surface area contributed by atoms with Crippen LogP contribution in [0.2, 0.25) is 0 Å². The highest BCUT2D eigenvalue weighted by atomic mass is 19.1. The topological polar surface area (TPSA) is 142 Å². The molecule has 1 atom stereocenters. The largest absolute Gasteiger partial charge is 0.492 e. The monoisotopic (exact) mass is 540 g/mol. The highest BCUT2D eigenvalue weighted by molar-refractivity contribution is 6.36. The van der Waals surface area contributed by atoms with Gasteiger partial charge in [0.05, 0.1) is 27.0 Å². The molecule has 204 valence electrons. The van der Waals surface area contributed by atoms with Gasteiger partial charge in [-0.05, 0) is 31.2 Å². The second kappa shape index (κ2) is 10.9. The standard InChI is InChI=1S/C26H25FN4O8/c1-4-36-26(33)20-10-15(39-31-20)9-16-17(22(35-3)24-23(21(16)34-2)37-12-38-24)11-28-30-25(32)19-8-13-7-14(27)5-6-18(13)29-19/h5-8,11,15,29H,4,9-10,12H2,1-3H3,(H,30,32). The third kappa shape index (κ3) is 5.02. The van der Waals surface area contributed by atoms with E-state index in [4.69, 9.17) is 28.5 Å². The Kier molecular flexibility index (Phi) is 7.21. The number of hydrogen-bond acceptors (Lipinski definition) is 10. The summed E-state index contributed by atoms with van der Waals surface area (Å²) in [6.45, 7) is 1.88. The molecule has 1 unspecified atom stereocenters. The van der Waals surface area contributed by atoms with Crippen molar-refractivity contribution in [2.24, 2.45) is 10.3 Å². The maximum Gasteiger partial charge on any atom is 0.356 e. The lowest BCUT2D eigenvalue weighted by atomic mass is 9.96. The molecule has 0 radical (unpaired) electrons. The minimum atomic E-state index is -0.542. The number of methoxy groups -OCH3 is 2. The van der Waals surface area contributed by atoms with Gasteiger partial charge in [0, 0.05) is 34.9 Å². The van der Waals surface area contributed by atoms with Crippen LogP contribution in [0, 0.1) is 5.82 Å². The van der Waals surface area contributed by atoms with E-state index in [-0.39, 0.29) is 37.6 Å². The Hall–Kier alpha value is -4.81. The number of hydrazone groups is 1. The predicted octanol–water partition coefficient (Wildman–Crippen LogP) is 3.07. The lowest BCUT2D eigenvalue weighted by molar-refractivity contribution is -0.135. The number of benzene rings is 2. The molecule has 0 fully saturated rings. The van der Waals surface area contributed by atoms with Gasteiger partial charge < -0.3 is 33.5 Å². The number of ether oxygens (including phenoxy) is 5. The summed E-state index contributed by atoms with van der Waals surface area (Å²) in [7, 11) is 2.94. The molecule has 1 amide bonds. The lowest BCUT2D eigenvalue weighted by Crippen LogP contribution is -2.20. The van der Waals surface area contributed by atoms with Crippen LogP contribution in [-0.4, -0.2) is 62.5 Å². The molecule has 2 N–H and O–H groups in total. The highest BCUT2D eigenvalue weighted by Gasteiger charge is 2.34. The maximum absolute atomic E-state index is 13.5. The molecule has 0 saturated heterocycles. The van der Waals surface area contributed by atoms with Crippen LogP contribution in [0.4, 0.5) is 4.39 Å². The van der Waals surface area contributed by atoms with Crippen LogP contribution >= 0.6 is 0 Å². The Balaban J connectivity index is 1.43. The second-order valence-corrected chi connectivity index (χ2v) is 8.53. The maximum atomic E-state index is 13.5. The molecule has 3 aromatic rings. The zero-order chi connectivity index (χ0) is 27.5. The van der Waals surface area contributed by atoms with Gasteiger partial charge in [-0.15, -0.1) is 0 Å². The Morgan fingerprint density at radius 3 is 2.72 bits per heavy atom. The number of halogens is 1. The molecule has 1 aromatic heterocycles. The average molecular weight is 541 g/mol.